The molecule has 0 bridgehead atoms. The molecule has 1 atom stereocenters. The first-order valence-corrected chi connectivity index (χ1v) is 3.46. The van der Waals surface area contributed by atoms with Crippen LogP contribution in [0.25, 0.3) is 0 Å². The molecule has 1 heterocycles. The molecule has 0 spiro atoms. The predicted octanol–water partition coefficient (Wildman–Crippen LogP) is -1.61. The van der Waals surface area contributed by atoms with Gasteiger partial charge >= 0.3 is 5.97 Å². The number of carboxylic acids is 1. The van der Waals surface area contributed by atoms with Gasteiger partial charge in [-0.15, -0.1) is 0 Å². The van der Waals surface area contributed by atoms with Gasteiger partial charge in [-0.2, -0.15) is 0 Å². The summed E-state index contributed by atoms with van der Waals surface area (Å²) < 4.78 is 5.00. The zero-order valence-electron chi connectivity index (χ0n) is 6.17. The summed E-state index contributed by atoms with van der Waals surface area (Å²) in [5, 5.41) is 11.6. The van der Waals surface area contributed by atoms with Crippen molar-refractivity contribution in [3.05, 3.63) is 0 Å². The standard InChI is InChI=1S/C6H12N2O3/c7-6(5(9)10)3-8-1-2-11-4-6/h8H,1-4,7H2,(H,9,10)/t6-/m1/s1. The van der Waals surface area contributed by atoms with Gasteiger partial charge in [-0.1, -0.05) is 0 Å². The molecule has 1 saturated heterocycles. The van der Waals surface area contributed by atoms with Crippen LogP contribution in [0.3, 0.4) is 0 Å². The second-order valence-electron chi connectivity index (χ2n) is 2.69. The van der Waals surface area contributed by atoms with E-state index in [0.29, 0.717) is 13.2 Å². The van der Waals surface area contributed by atoms with Crippen molar-refractivity contribution in [3.8, 4) is 0 Å². The van der Waals surface area contributed by atoms with E-state index in [-0.39, 0.29) is 13.2 Å². The maximum Gasteiger partial charge on any atom is 0.327 e. The minimum atomic E-state index is -1.25. The summed E-state index contributed by atoms with van der Waals surface area (Å²) in [6.45, 7) is 1.52. The number of carboxylic acid groups (broad SMARTS) is 1. The highest BCUT2D eigenvalue weighted by atomic mass is 16.5. The second-order valence-corrected chi connectivity index (χ2v) is 2.69. The van der Waals surface area contributed by atoms with E-state index in [2.05, 4.69) is 5.32 Å². The molecule has 0 saturated carbocycles. The molecular formula is C6H12N2O3. The van der Waals surface area contributed by atoms with Gasteiger partial charge in [0.25, 0.3) is 0 Å². The summed E-state index contributed by atoms with van der Waals surface area (Å²) >= 11 is 0. The van der Waals surface area contributed by atoms with Crippen LogP contribution in [0.5, 0.6) is 0 Å². The van der Waals surface area contributed by atoms with Gasteiger partial charge in [0, 0.05) is 13.1 Å². The summed E-state index contributed by atoms with van der Waals surface area (Å²) in [6.07, 6.45) is 0. The third-order valence-electron chi connectivity index (χ3n) is 1.65. The molecule has 0 aliphatic carbocycles. The van der Waals surface area contributed by atoms with Crippen molar-refractivity contribution >= 4 is 5.97 Å². The molecule has 1 fully saturated rings. The van der Waals surface area contributed by atoms with Gasteiger partial charge in [0.15, 0.2) is 5.54 Å². The molecule has 1 rings (SSSR count). The van der Waals surface area contributed by atoms with Crippen LogP contribution in [0.15, 0.2) is 0 Å². The molecule has 0 aromatic rings. The topological polar surface area (TPSA) is 84.6 Å². The maximum absolute atomic E-state index is 10.6. The van der Waals surface area contributed by atoms with Crippen molar-refractivity contribution in [3.63, 3.8) is 0 Å². The van der Waals surface area contributed by atoms with Gasteiger partial charge in [-0.05, 0) is 0 Å². The average Bonchev–Trinajstić information content (AvgIpc) is 2.15. The number of hydrogen-bond donors (Lipinski definition) is 3. The van der Waals surface area contributed by atoms with E-state index in [4.69, 9.17) is 15.6 Å². The Morgan fingerprint density at radius 3 is 3.09 bits per heavy atom. The molecule has 1 aliphatic rings. The lowest BCUT2D eigenvalue weighted by molar-refractivity contribution is -0.145. The third kappa shape index (κ3) is 1.89. The highest BCUT2D eigenvalue weighted by Crippen LogP contribution is 2.02. The zero-order chi connectivity index (χ0) is 8.32. The van der Waals surface area contributed by atoms with Gasteiger partial charge < -0.3 is 20.9 Å². The Hall–Kier alpha value is -0.650. The van der Waals surface area contributed by atoms with Crippen molar-refractivity contribution in [2.75, 3.05) is 26.3 Å². The number of nitrogens with one attached hydrogen (secondary N) is 1. The van der Waals surface area contributed by atoms with E-state index in [9.17, 15) is 4.79 Å². The fourth-order valence-corrected chi connectivity index (χ4v) is 0.898. The lowest BCUT2D eigenvalue weighted by Gasteiger charge is -2.20. The molecule has 0 aromatic carbocycles. The fraction of sp³-hybridized carbons (Fsp3) is 0.833. The van der Waals surface area contributed by atoms with Crippen LogP contribution in [0.1, 0.15) is 0 Å². The minimum Gasteiger partial charge on any atom is -0.480 e. The van der Waals surface area contributed by atoms with Gasteiger partial charge in [0.1, 0.15) is 0 Å². The number of nitrogens with two attached hydrogens (primary N) is 1. The molecule has 11 heavy (non-hydrogen) atoms. The molecule has 5 heteroatoms. The molecule has 4 N–H and O–H groups in total. The van der Waals surface area contributed by atoms with Gasteiger partial charge in [-0.3, -0.25) is 4.79 Å². The first kappa shape index (κ1) is 8.45. The van der Waals surface area contributed by atoms with E-state index in [1.165, 1.54) is 0 Å². The SMILES string of the molecule is N[C@]1(C(=O)O)CNCCOC1. The van der Waals surface area contributed by atoms with Crippen LogP contribution in [0.2, 0.25) is 0 Å². The van der Waals surface area contributed by atoms with Crippen molar-refractivity contribution in [1.29, 1.82) is 0 Å². The summed E-state index contributed by atoms with van der Waals surface area (Å²) in [6, 6.07) is 0. The van der Waals surface area contributed by atoms with Gasteiger partial charge in [0.05, 0.1) is 13.2 Å². The van der Waals surface area contributed by atoms with Crippen molar-refractivity contribution in [1.82, 2.24) is 5.32 Å². The Morgan fingerprint density at radius 1 is 1.73 bits per heavy atom. The molecule has 0 unspecified atom stereocenters. The Labute approximate surface area is 64.5 Å². The molecule has 5 nitrogen and oxygen atoms in total. The smallest absolute Gasteiger partial charge is 0.327 e. The minimum absolute atomic E-state index is 0.0787. The van der Waals surface area contributed by atoms with Crippen LogP contribution < -0.4 is 11.1 Å². The molecular weight excluding hydrogens is 148 g/mol. The van der Waals surface area contributed by atoms with Crippen LogP contribution in [-0.4, -0.2) is 42.9 Å². The molecule has 1 aliphatic heterocycles. The Kier molecular flexibility index (Phi) is 2.43. The number of ether oxygens (including phenoxy) is 1. The number of carbonyl (C=O) groups is 1. The lowest BCUT2D eigenvalue weighted by atomic mass is 10.0. The quantitative estimate of drug-likeness (QED) is 0.429. The summed E-state index contributed by atoms with van der Waals surface area (Å²) in [4.78, 5) is 10.6. The molecule has 0 amide bonds. The lowest BCUT2D eigenvalue weighted by Crippen LogP contribution is -2.57. The van der Waals surface area contributed by atoms with Gasteiger partial charge in [0.2, 0.25) is 0 Å². The third-order valence-corrected chi connectivity index (χ3v) is 1.65. The van der Waals surface area contributed by atoms with Crippen LogP contribution in [-0.2, 0) is 9.53 Å². The van der Waals surface area contributed by atoms with Crippen molar-refractivity contribution in [2.24, 2.45) is 5.73 Å². The monoisotopic (exact) mass is 160 g/mol. The molecule has 0 radical (unpaired) electrons. The summed E-state index contributed by atoms with van der Waals surface area (Å²) in [5.41, 5.74) is 4.26. The largest absolute Gasteiger partial charge is 0.480 e. The number of hydrogen-bond acceptors (Lipinski definition) is 4. The zero-order valence-corrected chi connectivity index (χ0v) is 6.17. The Bertz CT molecular complexity index is 152. The normalized spacial score (nSPS) is 32.8. The fourth-order valence-electron chi connectivity index (χ4n) is 0.898. The van der Waals surface area contributed by atoms with E-state index >= 15 is 0 Å². The van der Waals surface area contributed by atoms with Crippen LogP contribution in [0, 0.1) is 0 Å². The van der Waals surface area contributed by atoms with E-state index < -0.39 is 11.5 Å². The van der Waals surface area contributed by atoms with Crippen molar-refractivity contribution in [2.45, 2.75) is 5.54 Å². The van der Waals surface area contributed by atoms with Crippen LogP contribution in [0.4, 0.5) is 0 Å². The predicted molar refractivity (Wildman–Crippen MR) is 38.2 cm³/mol. The van der Waals surface area contributed by atoms with Crippen LogP contribution >= 0.6 is 0 Å². The summed E-state index contributed by atoms with van der Waals surface area (Å²) in [5.74, 6) is -1.02. The summed E-state index contributed by atoms with van der Waals surface area (Å²) in [7, 11) is 0. The molecule has 64 valence electrons. The number of aliphatic carboxylic acids is 1. The maximum atomic E-state index is 10.6. The highest BCUT2D eigenvalue weighted by Gasteiger charge is 2.35. The van der Waals surface area contributed by atoms with Crippen molar-refractivity contribution < 1.29 is 14.6 Å². The highest BCUT2D eigenvalue weighted by molar-refractivity contribution is 5.79. The van der Waals surface area contributed by atoms with E-state index in [1.807, 2.05) is 0 Å². The molecule has 0 aromatic heterocycles. The first-order chi connectivity index (χ1) is 5.15. The van der Waals surface area contributed by atoms with E-state index in [1.54, 1.807) is 0 Å². The number of rotatable bonds is 1. The second kappa shape index (κ2) is 3.17. The average molecular weight is 160 g/mol. The Morgan fingerprint density at radius 2 is 2.45 bits per heavy atom. The van der Waals surface area contributed by atoms with Gasteiger partial charge in [-0.25, -0.2) is 0 Å². The first-order valence-electron chi connectivity index (χ1n) is 3.46. The Balaban J connectivity index is 2.59. The van der Waals surface area contributed by atoms with E-state index in [0.717, 1.165) is 0 Å².